The molecule has 0 aliphatic heterocycles. The van der Waals surface area contributed by atoms with E-state index in [9.17, 15) is 13.6 Å². The largest absolute Gasteiger partial charge is 0.487 e. The van der Waals surface area contributed by atoms with Crippen molar-refractivity contribution in [1.82, 2.24) is 5.32 Å². The van der Waals surface area contributed by atoms with Crippen molar-refractivity contribution in [3.05, 3.63) is 29.3 Å². The first-order valence-electron chi connectivity index (χ1n) is 6.01. The van der Waals surface area contributed by atoms with Gasteiger partial charge in [0.2, 0.25) is 5.91 Å². The maximum atomic E-state index is 13.6. The third-order valence-corrected chi connectivity index (χ3v) is 2.69. The summed E-state index contributed by atoms with van der Waals surface area (Å²) in [5.41, 5.74) is 0.334. The van der Waals surface area contributed by atoms with E-state index in [1.54, 1.807) is 6.92 Å². The van der Waals surface area contributed by atoms with Gasteiger partial charge in [-0.2, -0.15) is 0 Å². The maximum absolute atomic E-state index is 13.6. The fraction of sp³-hybridized carbons (Fsp3) is 0.462. The van der Waals surface area contributed by atoms with Crippen LogP contribution in [0.4, 0.5) is 8.78 Å². The smallest absolute Gasteiger partial charge is 0.219 e. The molecule has 98 valence electrons. The van der Waals surface area contributed by atoms with Crippen LogP contribution in [0.25, 0.3) is 0 Å². The van der Waals surface area contributed by atoms with E-state index in [0.717, 1.165) is 18.9 Å². The van der Waals surface area contributed by atoms with Crippen LogP contribution in [0.3, 0.4) is 0 Å². The molecule has 2 rings (SSSR count). The highest BCUT2D eigenvalue weighted by Crippen LogP contribution is 2.31. The third-order valence-electron chi connectivity index (χ3n) is 2.69. The lowest BCUT2D eigenvalue weighted by molar-refractivity contribution is -0.120. The van der Waals surface area contributed by atoms with Gasteiger partial charge in [0.1, 0.15) is 5.82 Å². The molecule has 3 nitrogen and oxygen atoms in total. The van der Waals surface area contributed by atoms with Gasteiger partial charge in [-0.05, 0) is 18.9 Å². The molecule has 5 heteroatoms. The van der Waals surface area contributed by atoms with Gasteiger partial charge in [-0.1, -0.05) is 6.92 Å². The number of nitrogens with one attached hydrogen (secondary N) is 1. The molecule has 1 N–H and O–H groups in total. The molecule has 0 radical (unpaired) electrons. The molecule has 1 amide bonds. The van der Waals surface area contributed by atoms with Gasteiger partial charge in [-0.3, -0.25) is 4.79 Å². The lowest BCUT2D eigenvalue weighted by atomic mass is 10.2. The van der Waals surface area contributed by atoms with Gasteiger partial charge in [0.25, 0.3) is 0 Å². The Bertz CT molecular complexity index is 459. The molecule has 1 aliphatic rings. The number of halogens is 2. The quantitative estimate of drug-likeness (QED) is 0.878. The van der Waals surface area contributed by atoms with Crippen LogP contribution in [0.5, 0.6) is 5.75 Å². The number of rotatable bonds is 5. The zero-order valence-corrected chi connectivity index (χ0v) is 10.1. The minimum Gasteiger partial charge on any atom is -0.487 e. The van der Waals surface area contributed by atoms with E-state index >= 15 is 0 Å². The van der Waals surface area contributed by atoms with Gasteiger partial charge in [-0.25, -0.2) is 8.78 Å². The zero-order chi connectivity index (χ0) is 13.1. The SMILES string of the molecule is CCC(=O)NCc1cc(F)cc(F)c1OC1CC1. The zero-order valence-electron chi connectivity index (χ0n) is 10.1. The summed E-state index contributed by atoms with van der Waals surface area (Å²) in [6.07, 6.45) is 2.12. The van der Waals surface area contributed by atoms with E-state index in [0.29, 0.717) is 12.0 Å². The van der Waals surface area contributed by atoms with Gasteiger partial charge in [0, 0.05) is 24.6 Å². The van der Waals surface area contributed by atoms with E-state index in [1.807, 2.05) is 0 Å². The van der Waals surface area contributed by atoms with Crippen LogP contribution in [0.1, 0.15) is 31.7 Å². The fourth-order valence-electron chi connectivity index (χ4n) is 1.55. The Kier molecular flexibility index (Phi) is 3.79. The van der Waals surface area contributed by atoms with Crippen molar-refractivity contribution in [2.45, 2.75) is 38.8 Å². The maximum Gasteiger partial charge on any atom is 0.219 e. The first-order chi connectivity index (χ1) is 8.60. The van der Waals surface area contributed by atoms with Gasteiger partial charge in [-0.15, -0.1) is 0 Å². The van der Waals surface area contributed by atoms with Crippen molar-refractivity contribution >= 4 is 5.91 Å². The van der Waals surface area contributed by atoms with Crippen LogP contribution >= 0.6 is 0 Å². The Morgan fingerprint density at radius 1 is 1.44 bits per heavy atom. The minimum absolute atomic E-state index is 0.0191. The summed E-state index contributed by atoms with van der Waals surface area (Å²) in [5.74, 6) is -1.51. The Morgan fingerprint density at radius 3 is 2.78 bits per heavy atom. The molecule has 1 saturated carbocycles. The highest BCUT2D eigenvalue weighted by molar-refractivity contribution is 5.75. The summed E-state index contributed by atoms with van der Waals surface area (Å²) in [6.45, 7) is 1.78. The molecule has 18 heavy (non-hydrogen) atoms. The van der Waals surface area contributed by atoms with E-state index < -0.39 is 11.6 Å². The molecule has 0 bridgehead atoms. The Morgan fingerprint density at radius 2 is 2.17 bits per heavy atom. The number of carbonyl (C=O) groups excluding carboxylic acids is 1. The van der Waals surface area contributed by atoms with Crippen molar-refractivity contribution < 1.29 is 18.3 Å². The Hall–Kier alpha value is -1.65. The first kappa shape index (κ1) is 12.8. The highest BCUT2D eigenvalue weighted by atomic mass is 19.1. The fourth-order valence-corrected chi connectivity index (χ4v) is 1.55. The van der Waals surface area contributed by atoms with Gasteiger partial charge in [0.05, 0.1) is 6.10 Å². The molecule has 0 aromatic heterocycles. The third kappa shape index (κ3) is 3.18. The summed E-state index contributed by atoms with van der Waals surface area (Å²) < 4.78 is 32.2. The average molecular weight is 255 g/mol. The molecule has 0 spiro atoms. The Balaban J connectivity index is 2.16. The van der Waals surface area contributed by atoms with E-state index in [4.69, 9.17) is 4.74 Å². The van der Waals surface area contributed by atoms with E-state index in [1.165, 1.54) is 6.07 Å². The molecule has 1 aliphatic carbocycles. The molecule has 0 heterocycles. The molecule has 1 aromatic rings. The standard InChI is InChI=1S/C13H15F2NO2/c1-2-12(17)16-7-8-5-9(14)6-11(15)13(8)18-10-3-4-10/h5-6,10H,2-4,7H2,1H3,(H,16,17). The minimum atomic E-state index is -0.720. The summed E-state index contributed by atoms with van der Waals surface area (Å²) in [6, 6.07) is 1.99. The molecular formula is C13H15F2NO2. The summed E-state index contributed by atoms with van der Waals surface area (Å²) >= 11 is 0. The number of hydrogen-bond donors (Lipinski definition) is 1. The van der Waals surface area contributed by atoms with Crippen molar-refractivity contribution in [1.29, 1.82) is 0 Å². The normalized spacial score (nSPS) is 14.4. The van der Waals surface area contributed by atoms with Crippen molar-refractivity contribution in [2.75, 3.05) is 0 Å². The van der Waals surface area contributed by atoms with Crippen LogP contribution in [0.2, 0.25) is 0 Å². The second kappa shape index (κ2) is 5.33. The van der Waals surface area contributed by atoms with Crippen LogP contribution in [0, 0.1) is 11.6 Å². The number of carbonyl (C=O) groups is 1. The van der Waals surface area contributed by atoms with Crippen molar-refractivity contribution in [3.63, 3.8) is 0 Å². The van der Waals surface area contributed by atoms with Crippen LogP contribution in [-0.2, 0) is 11.3 Å². The lowest BCUT2D eigenvalue weighted by Gasteiger charge is -2.12. The second-order valence-electron chi connectivity index (χ2n) is 4.32. The van der Waals surface area contributed by atoms with Crippen LogP contribution in [0.15, 0.2) is 12.1 Å². The van der Waals surface area contributed by atoms with Crippen molar-refractivity contribution in [2.24, 2.45) is 0 Å². The number of amides is 1. The highest BCUT2D eigenvalue weighted by Gasteiger charge is 2.26. The predicted octanol–water partition coefficient (Wildman–Crippen LogP) is 2.53. The van der Waals surface area contributed by atoms with Gasteiger partial charge >= 0.3 is 0 Å². The lowest BCUT2D eigenvalue weighted by Crippen LogP contribution is -2.22. The summed E-state index contributed by atoms with van der Waals surface area (Å²) in [5, 5.41) is 2.58. The summed E-state index contributed by atoms with van der Waals surface area (Å²) in [7, 11) is 0. The second-order valence-corrected chi connectivity index (χ2v) is 4.32. The Labute approximate surface area is 104 Å². The number of hydrogen-bond acceptors (Lipinski definition) is 2. The monoisotopic (exact) mass is 255 g/mol. The van der Waals surface area contributed by atoms with Gasteiger partial charge < -0.3 is 10.1 Å². The topological polar surface area (TPSA) is 38.3 Å². The molecule has 1 aromatic carbocycles. The van der Waals surface area contributed by atoms with Crippen LogP contribution in [-0.4, -0.2) is 12.0 Å². The molecule has 0 atom stereocenters. The van der Waals surface area contributed by atoms with Crippen LogP contribution < -0.4 is 10.1 Å². The number of benzene rings is 1. The molecule has 0 unspecified atom stereocenters. The molecule has 0 saturated heterocycles. The average Bonchev–Trinajstić information content (AvgIpc) is 3.13. The van der Waals surface area contributed by atoms with E-state index in [2.05, 4.69) is 5.32 Å². The molecular weight excluding hydrogens is 240 g/mol. The first-order valence-corrected chi connectivity index (χ1v) is 6.01. The van der Waals surface area contributed by atoms with E-state index in [-0.39, 0.29) is 24.3 Å². The van der Waals surface area contributed by atoms with Crippen molar-refractivity contribution in [3.8, 4) is 5.75 Å². The summed E-state index contributed by atoms with van der Waals surface area (Å²) in [4.78, 5) is 11.2. The molecule has 1 fully saturated rings. The number of ether oxygens (including phenoxy) is 1. The van der Waals surface area contributed by atoms with Gasteiger partial charge in [0.15, 0.2) is 11.6 Å². The predicted molar refractivity (Wildman–Crippen MR) is 62.1 cm³/mol.